The van der Waals surface area contributed by atoms with Crippen LogP contribution in [0.15, 0.2) is 37.2 Å². The van der Waals surface area contributed by atoms with E-state index in [0.29, 0.717) is 6.07 Å². The smallest absolute Gasteiger partial charge is 0.182 e. The Morgan fingerprint density at radius 3 is 2.65 bits per heavy atom. The van der Waals surface area contributed by atoms with Crippen LogP contribution in [0.2, 0.25) is 5.15 Å². The highest BCUT2D eigenvalue weighted by molar-refractivity contribution is 6.29. The Kier molecular flexibility index (Phi) is 4.92. The fraction of sp³-hybridized carbons (Fsp3) is 0.250. The van der Waals surface area contributed by atoms with Gasteiger partial charge >= 0.3 is 0 Å². The van der Waals surface area contributed by atoms with E-state index in [1.54, 1.807) is 0 Å². The van der Waals surface area contributed by atoms with E-state index >= 15 is 0 Å². The lowest BCUT2D eigenvalue weighted by molar-refractivity contribution is -0.0133. The first-order valence-corrected chi connectivity index (χ1v) is 7.87. The topological polar surface area (TPSA) is 76.7 Å². The van der Waals surface area contributed by atoms with Crippen molar-refractivity contribution in [3.8, 4) is 0 Å². The third kappa shape index (κ3) is 3.27. The van der Waals surface area contributed by atoms with Crippen LogP contribution in [0, 0.1) is 17.5 Å². The van der Waals surface area contributed by atoms with Crippen LogP contribution in [-0.2, 0) is 12.1 Å². The molecule has 2 atom stereocenters. The molecule has 2 heterocycles. The normalized spacial score (nSPS) is 14.8. The summed E-state index contributed by atoms with van der Waals surface area (Å²) in [6, 6.07) is 2.73. The Balaban J connectivity index is 2.15. The van der Waals surface area contributed by atoms with Crippen molar-refractivity contribution in [2.45, 2.75) is 25.0 Å². The summed E-state index contributed by atoms with van der Waals surface area (Å²) < 4.78 is 43.4. The molecule has 3 rings (SSSR count). The van der Waals surface area contributed by atoms with Crippen LogP contribution in [0.5, 0.6) is 0 Å². The summed E-state index contributed by atoms with van der Waals surface area (Å²) in [5.41, 5.74) is -2.48. The minimum absolute atomic E-state index is 0.212. The molecule has 26 heavy (non-hydrogen) atoms. The highest BCUT2D eigenvalue weighted by Crippen LogP contribution is 2.40. The third-order valence-corrected chi connectivity index (χ3v) is 4.43. The lowest BCUT2D eigenvalue weighted by Gasteiger charge is -2.34. The monoisotopic (exact) mass is 383 g/mol. The lowest BCUT2D eigenvalue weighted by Crippen LogP contribution is -2.39. The second-order valence-electron chi connectivity index (χ2n) is 5.73. The van der Waals surface area contributed by atoms with E-state index in [1.807, 2.05) is 0 Å². The number of halogens is 4. The van der Waals surface area contributed by atoms with E-state index in [4.69, 9.17) is 11.6 Å². The molecule has 0 aliphatic heterocycles. The highest BCUT2D eigenvalue weighted by Gasteiger charge is 2.42. The van der Waals surface area contributed by atoms with Gasteiger partial charge in [-0.1, -0.05) is 24.6 Å². The molecule has 0 saturated carbocycles. The molecule has 0 aliphatic carbocycles. The molecule has 2 aromatic heterocycles. The number of nitrogens with zero attached hydrogens (tertiary/aromatic N) is 5. The van der Waals surface area contributed by atoms with Crippen LogP contribution in [0.1, 0.15) is 24.1 Å². The van der Waals surface area contributed by atoms with Crippen LogP contribution in [0.3, 0.4) is 0 Å². The van der Waals surface area contributed by atoms with Gasteiger partial charge in [0, 0.05) is 17.5 Å². The average molecular weight is 384 g/mol. The van der Waals surface area contributed by atoms with Gasteiger partial charge < -0.3 is 5.11 Å². The average Bonchev–Trinajstić information content (AvgIpc) is 3.09. The summed E-state index contributed by atoms with van der Waals surface area (Å²) in [5.74, 6) is -3.80. The molecule has 0 fully saturated rings. The zero-order chi connectivity index (χ0) is 18.9. The van der Waals surface area contributed by atoms with Gasteiger partial charge in [-0.3, -0.25) is 0 Å². The number of aromatic nitrogens is 5. The molecule has 1 aromatic carbocycles. The van der Waals surface area contributed by atoms with Crippen molar-refractivity contribution in [3.05, 3.63) is 71.0 Å². The molecule has 0 aliphatic rings. The molecule has 0 bridgehead atoms. The summed E-state index contributed by atoms with van der Waals surface area (Å²) in [6.45, 7) is 1.17. The van der Waals surface area contributed by atoms with Crippen LogP contribution < -0.4 is 0 Å². The van der Waals surface area contributed by atoms with Gasteiger partial charge in [-0.15, -0.1) is 0 Å². The van der Waals surface area contributed by atoms with Gasteiger partial charge in [-0.05, 0) is 6.07 Å². The van der Waals surface area contributed by atoms with Gasteiger partial charge in [-0.25, -0.2) is 32.8 Å². The predicted molar refractivity (Wildman–Crippen MR) is 85.7 cm³/mol. The van der Waals surface area contributed by atoms with Gasteiger partial charge in [0.15, 0.2) is 11.0 Å². The largest absolute Gasteiger partial charge is 0.382 e. The Hall–Kier alpha value is -2.52. The number of hydrogen-bond donors (Lipinski definition) is 1. The second kappa shape index (κ2) is 7.00. The zero-order valence-electron chi connectivity index (χ0n) is 13.4. The SMILES string of the molecule is C[C@@H](c1ncnc(Cl)c1F)C(O)(Cn1cncn1)c1ccc(F)cc1F. The fourth-order valence-electron chi connectivity index (χ4n) is 2.75. The maximum Gasteiger partial charge on any atom is 0.182 e. The number of benzene rings is 1. The van der Waals surface area contributed by atoms with Gasteiger partial charge in [0.25, 0.3) is 0 Å². The molecule has 0 spiro atoms. The third-order valence-electron chi connectivity index (χ3n) is 4.17. The van der Waals surface area contributed by atoms with Crippen molar-refractivity contribution >= 4 is 11.6 Å². The van der Waals surface area contributed by atoms with Gasteiger partial charge in [0.1, 0.15) is 36.2 Å². The molecule has 1 unspecified atom stereocenters. The zero-order valence-corrected chi connectivity index (χ0v) is 14.2. The van der Waals surface area contributed by atoms with Gasteiger partial charge in [0.2, 0.25) is 0 Å². The maximum atomic E-state index is 14.4. The molecular formula is C16H13ClF3N5O. The first-order valence-electron chi connectivity index (χ1n) is 7.49. The summed E-state index contributed by atoms with van der Waals surface area (Å²) in [4.78, 5) is 11.1. The number of aliphatic hydroxyl groups is 1. The van der Waals surface area contributed by atoms with Crippen molar-refractivity contribution < 1.29 is 18.3 Å². The minimum atomic E-state index is -2.02. The van der Waals surface area contributed by atoms with E-state index < -0.39 is 34.1 Å². The minimum Gasteiger partial charge on any atom is -0.382 e. The van der Waals surface area contributed by atoms with E-state index in [9.17, 15) is 18.3 Å². The molecule has 1 N–H and O–H groups in total. The van der Waals surface area contributed by atoms with E-state index in [1.165, 1.54) is 24.3 Å². The van der Waals surface area contributed by atoms with Crippen LogP contribution in [0.4, 0.5) is 13.2 Å². The summed E-state index contributed by atoms with van der Waals surface area (Å²) in [6.07, 6.45) is 3.57. The fourth-order valence-corrected chi connectivity index (χ4v) is 2.89. The standard InChI is InChI=1S/C16H13ClF3N5O/c1-9(14-13(20)15(17)23-7-22-14)16(26,5-25-8-21-6-24-25)11-3-2-10(18)4-12(11)19/h2-4,6-9,26H,5H2,1H3/t9-,16?/m0/s1. The highest BCUT2D eigenvalue weighted by atomic mass is 35.5. The van der Waals surface area contributed by atoms with Crippen LogP contribution in [0.25, 0.3) is 0 Å². The number of hydrogen-bond acceptors (Lipinski definition) is 5. The van der Waals surface area contributed by atoms with Gasteiger partial charge in [0.05, 0.1) is 12.2 Å². The maximum absolute atomic E-state index is 14.4. The van der Waals surface area contributed by atoms with E-state index in [0.717, 1.165) is 18.5 Å². The molecule has 0 amide bonds. The Bertz CT molecular complexity index is 924. The summed E-state index contributed by atoms with van der Waals surface area (Å²) >= 11 is 5.69. The molecule has 0 saturated heterocycles. The quantitative estimate of drug-likeness (QED) is 0.686. The molecular weight excluding hydrogens is 371 g/mol. The molecule has 10 heteroatoms. The number of rotatable bonds is 5. The molecule has 0 radical (unpaired) electrons. The Labute approximate surface area is 151 Å². The lowest BCUT2D eigenvalue weighted by atomic mass is 9.79. The van der Waals surface area contributed by atoms with Crippen molar-refractivity contribution in [3.63, 3.8) is 0 Å². The second-order valence-corrected chi connectivity index (χ2v) is 6.08. The molecule has 6 nitrogen and oxygen atoms in total. The Morgan fingerprint density at radius 1 is 1.23 bits per heavy atom. The van der Waals surface area contributed by atoms with Crippen LogP contribution >= 0.6 is 11.6 Å². The van der Waals surface area contributed by atoms with Crippen molar-refractivity contribution in [2.24, 2.45) is 0 Å². The van der Waals surface area contributed by atoms with E-state index in [2.05, 4.69) is 20.1 Å². The first kappa shape index (κ1) is 18.3. The van der Waals surface area contributed by atoms with Crippen molar-refractivity contribution in [2.75, 3.05) is 0 Å². The summed E-state index contributed by atoms with van der Waals surface area (Å²) in [5, 5.41) is 14.8. The first-order chi connectivity index (χ1) is 12.3. The van der Waals surface area contributed by atoms with E-state index in [-0.39, 0.29) is 17.8 Å². The van der Waals surface area contributed by atoms with Crippen molar-refractivity contribution in [1.82, 2.24) is 24.7 Å². The van der Waals surface area contributed by atoms with Gasteiger partial charge in [-0.2, -0.15) is 5.10 Å². The Morgan fingerprint density at radius 2 is 2.00 bits per heavy atom. The summed E-state index contributed by atoms with van der Waals surface area (Å²) in [7, 11) is 0. The predicted octanol–water partition coefficient (Wildman–Crippen LogP) is 2.83. The van der Waals surface area contributed by atoms with Crippen LogP contribution in [-0.4, -0.2) is 29.8 Å². The molecule has 136 valence electrons. The van der Waals surface area contributed by atoms with Crippen molar-refractivity contribution in [1.29, 1.82) is 0 Å². The molecule has 3 aromatic rings.